The predicted molar refractivity (Wildman–Crippen MR) is 52.3 cm³/mol. The van der Waals surface area contributed by atoms with Gasteiger partial charge >= 0.3 is 15.6 Å². The fourth-order valence-corrected chi connectivity index (χ4v) is 0.144. The minimum Gasteiger partial charge on any atom is -0.303 e. The lowest BCUT2D eigenvalue weighted by atomic mass is 10.4. The van der Waals surface area contributed by atoms with Gasteiger partial charge in [0.2, 0.25) is 0 Å². The van der Waals surface area contributed by atoms with Crippen LogP contribution in [0.3, 0.4) is 0 Å². The molecule has 15 heavy (non-hydrogen) atoms. The van der Waals surface area contributed by atoms with Crippen LogP contribution in [0.5, 0.6) is 0 Å². The average molecular weight is 264 g/mol. The molecule has 0 unspecified atom stereocenters. The van der Waals surface area contributed by atoms with Crippen LogP contribution in [0.1, 0.15) is 19.8 Å². The van der Waals surface area contributed by atoms with E-state index in [-0.39, 0.29) is 0 Å². The first-order chi connectivity index (χ1) is 6.41. The van der Waals surface area contributed by atoms with E-state index >= 15 is 0 Å². The molecule has 0 aliphatic carbocycles. The van der Waals surface area contributed by atoms with Crippen molar-refractivity contribution in [2.45, 2.75) is 19.8 Å². The summed E-state index contributed by atoms with van der Waals surface area (Å²) in [6.45, 7) is 2.07. The number of phosphoric acid groups is 2. The van der Waals surface area contributed by atoms with E-state index in [9.17, 15) is 0 Å². The van der Waals surface area contributed by atoms with Crippen LogP contribution < -0.4 is 0 Å². The maximum atomic E-state index is 8.88. The van der Waals surface area contributed by atoms with Gasteiger partial charge in [-0.05, 0) is 6.42 Å². The first-order valence-electron chi connectivity index (χ1n) is 3.41. The summed E-state index contributed by atoms with van der Waals surface area (Å²) < 4.78 is 17.8. The smallest absolute Gasteiger partial charge is 0.303 e. The Morgan fingerprint density at radius 3 is 1.20 bits per heavy atom. The summed E-state index contributed by atoms with van der Waals surface area (Å²) in [5, 5.41) is 0. The minimum absolute atomic E-state index is 0.917. The molecule has 0 amide bonds. The zero-order valence-electron chi connectivity index (χ0n) is 7.89. The summed E-state index contributed by atoms with van der Waals surface area (Å²) >= 11 is 0. The van der Waals surface area contributed by atoms with Crippen LogP contribution in [0.15, 0.2) is 0 Å². The Balaban J connectivity index is -0.000000144. The topological polar surface area (TPSA) is 156 Å². The first kappa shape index (κ1) is 20.2. The molecule has 6 N–H and O–H groups in total. The number of hydrogen-bond donors (Lipinski definition) is 6. The van der Waals surface area contributed by atoms with Gasteiger partial charge in [-0.2, -0.15) is 0 Å². The van der Waals surface area contributed by atoms with E-state index < -0.39 is 15.6 Å². The predicted octanol–water partition coefficient (Wildman–Crippen LogP) is -0.438. The van der Waals surface area contributed by atoms with E-state index in [1.54, 1.807) is 0 Å². The summed E-state index contributed by atoms with van der Waals surface area (Å²) in [6.07, 6.45) is 6.91. The standard InChI is InChI=1S/C5H8.2H3O4P/c1-3-5-4-2;2*1-5(2,3)4/h1H,4-5H2,2H3;2*(H3,1,2,3,4). The second-order valence-corrected chi connectivity index (χ2v) is 4.03. The fourth-order valence-electron chi connectivity index (χ4n) is 0.144. The molecule has 10 heteroatoms. The van der Waals surface area contributed by atoms with E-state index in [0.717, 1.165) is 12.8 Å². The van der Waals surface area contributed by atoms with Gasteiger partial charge in [-0.1, -0.05) is 6.92 Å². The fraction of sp³-hybridized carbons (Fsp3) is 0.600. The zero-order chi connectivity index (χ0) is 13.1. The van der Waals surface area contributed by atoms with Gasteiger partial charge in [0.15, 0.2) is 0 Å². The van der Waals surface area contributed by atoms with E-state index in [1.807, 2.05) is 0 Å². The molecular formula is C5H14O8P2. The molecule has 92 valence electrons. The van der Waals surface area contributed by atoms with Crippen LogP contribution in [0.4, 0.5) is 0 Å². The lowest BCUT2D eigenvalue weighted by Crippen LogP contribution is -1.66. The maximum absolute atomic E-state index is 8.88. The molecule has 0 aromatic carbocycles. The molecule has 0 aliphatic heterocycles. The molecule has 0 aromatic rings. The van der Waals surface area contributed by atoms with E-state index in [1.165, 1.54) is 0 Å². The summed E-state index contributed by atoms with van der Waals surface area (Å²) in [5.74, 6) is 2.52. The van der Waals surface area contributed by atoms with Gasteiger partial charge in [-0.15, -0.1) is 12.3 Å². The van der Waals surface area contributed by atoms with Gasteiger partial charge in [-0.3, -0.25) is 0 Å². The summed E-state index contributed by atoms with van der Waals surface area (Å²) in [7, 11) is -9.28. The van der Waals surface area contributed by atoms with Crippen molar-refractivity contribution in [3.63, 3.8) is 0 Å². The molecule has 0 aromatic heterocycles. The van der Waals surface area contributed by atoms with Crippen molar-refractivity contribution in [1.29, 1.82) is 0 Å². The Hall–Kier alpha value is -0.220. The zero-order valence-corrected chi connectivity index (χ0v) is 9.67. The molecule has 8 nitrogen and oxygen atoms in total. The molecule has 0 spiro atoms. The highest BCUT2D eigenvalue weighted by Crippen LogP contribution is 2.26. The number of hydrogen-bond acceptors (Lipinski definition) is 2. The van der Waals surface area contributed by atoms with Crippen molar-refractivity contribution in [3.8, 4) is 12.3 Å². The van der Waals surface area contributed by atoms with Crippen LogP contribution in [-0.4, -0.2) is 29.4 Å². The Morgan fingerprint density at radius 1 is 1.00 bits per heavy atom. The van der Waals surface area contributed by atoms with Crippen molar-refractivity contribution in [2.75, 3.05) is 0 Å². The highest BCUT2D eigenvalue weighted by molar-refractivity contribution is 7.45. The van der Waals surface area contributed by atoms with Crippen LogP contribution in [0.2, 0.25) is 0 Å². The molecule has 0 saturated heterocycles. The van der Waals surface area contributed by atoms with E-state index in [2.05, 4.69) is 12.8 Å². The monoisotopic (exact) mass is 264 g/mol. The quantitative estimate of drug-likeness (QED) is 0.275. The van der Waals surface area contributed by atoms with Gasteiger partial charge in [0.05, 0.1) is 0 Å². The number of terminal acetylenes is 1. The SMILES string of the molecule is C#CCCC.O=P(O)(O)O.O=P(O)(O)O. The van der Waals surface area contributed by atoms with Crippen LogP contribution >= 0.6 is 15.6 Å². The van der Waals surface area contributed by atoms with Gasteiger partial charge < -0.3 is 29.4 Å². The third kappa shape index (κ3) is 604. The highest BCUT2D eigenvalue weighted by atomic mass is 31.2. The normalized spacial score (nSPS) is 10.0. The summed E-state index contributed by atoms with van der Waals surface area (Å²) in [5.41, 5.74) is 0. The van der Waals surface area contributed by atoms with Crippen molar-refractivity contribution in [3.05, 3.63) is 0 Å². The highest BCUT2D eigenvalue weighted by Gasteiger charge is 2.00. The third-order valence-electron chi connectivity index (χ3n) is 0.394. The van der Waals surface area contributed by atoms with Gasteiger partial charge in [-0.25, -0.2) is 9.13 Å². The molecule has 0 atom stereocenters. The van der Waals surface area contributed by atoms with Crippen LogP contribution in [0.25, 0.3) is 0 Å². The Labute approximate surface area is 87.1 Å². The number of unbranched alkanes of at least 4 members (excludes halogenated alkanes) is 1. The lowest BCUT2D eigenvalue weighted by molar-refractivity contribution is 0.272. The van der Waals surface area contributed by atoms with E-state index in [4.69, 9.17) is 44.9 Å². The molecule has 0 radical (unpaired) electrons. The molecule has 0 rings (SSSR count). The second-order valence-electron chi connectivity index (χ2n) is 1.98. The van der Waals surface area contributed by atoms with Crippen molar-refractivity contribution in [2.24, 2.45) is 0 Å². The number of rotatable bonds is 1. The minimum atomic E-state index is -4.64. The Morgan fingerprint density at radius 2 is 1.20 bits per heavy atom. The third-order valence-corrected chi connectivity index (χ3v) is 0.394. The summed E-state index contributed by atoms with van der Waals surface area (Å²) in [6, 6.07) is 0. The van der Waals surface area contributed by atoms with Crippen molar-refractivity contribution in [1.82, 2.24) is 0 Å². The van der Waals surface area contributed by atoms with Gasteiger partial charge in [0.1, 0.15) is 0 Å². The second kappa shape index (κ2) is 10.3. The lowest BCUT2D eigenvalue weighted by Gasteiger charge is -1.82. The Kier molecular flexibility index (Phi) is 13.9. The van der Waals surface area contributed by atoms with E-state index in [0.29, 0.717) is 0 Å². The Bertz CT molecular complexity index is 220. The van der Waals surface area contributed by atoms with Crippen molar-refractivity contribution < 1.29 is 38.5 Å². The molecule has 0 fully saturated rings. The van der Waals surface area contributed by atoms with Crippen molar-refractivity contribution >= 4 is 15.6 Å². The van der Waals surface area contributed by atoms with Gasteiger partial charge in [0, 0.05) is 6.42 Å². The van der Waals surface area contributed by atoms with Crippen LogP contribution in [-0.2, 0) is 9.13 Å². The maximum Gasteiger partial charge on any atom is 0.466 e. The van der Waals surface area contributed by atoms with Gasteiger partial charge in [0.25, 0.3) is 0 Å². The molecule has 0 saturated carbocycles. The molecular weight excluding hydrogens is 250 g/mol. The molecule has 0 heterocycles. The molecule has 0 aliphatic rings. The molecule has 0 bridgehead atoms. The largest absolute Gasteiger partial charge is 0.466 e. The summed E-state index contributed by atoms with van der Waals surface area (Å²) in [4.78, 5) is 43.1. The van der Waals surface area contributed by atoms with Crippen LogP contribution in [0, 0.1) is 12.3 Å². The average Bonchev–Trinajstić information content (AvgIpc) is 1.80. The first-order valence-corrected chi connectivity index (χ1v) is 6.54.